The number of carbonyl (C=O) groups is 2. The van der Waals surface area contributed by atoms with Crippen LogP contribution in [0.5, 0.6) is 0 Å². The number of unbranched alkanes of at least 4 members (excludes halogenated alkanes) is 9. The minimum Gasteiger partial charge on any atom is -0.462 e. The van der Waals surface area contributed by atoms with Gasteiger partial charge in [0.05, 0.1) is 6.61 Å². The molecule has 1 N–H and O–H groups in total. The van der Waals surface area contributed by atoms with E-state index >= 15 is 0 Å². The molecule has 0 aromatic rings. The molecule has 260 valence electrons. The van der Waals surface area contributed by atoms with Gasteiger partial charge in [-0.15, -0.1) is 0 Å². The van der Waals surface area contributed by atoms with Gasteiger partial charge >= 0.3 is 11.9 Å². The Morgan fingerprint density at radius 1 is 0.522 bits per heavy atom. The van der Waals surface area contributed by atoms with Crippen LogP contribution in [-0.2, 0) is 19.1 Å². The molecule has 0 saturated heterocycles. The van der Waals surface area contributed by atoms with Crippen molar-refractivity contribution in [3.63, 3.8) is 0 Å². The zero-order chi connectivity index (χ0) is 33.6. The molecule has 0 unspecified atom stereocenters. The number of esters is 2. The molecule has 1 atom stereocenters. The fourth-order valence-electron chi connectivity index (χ4n) is 4.43. The number of allylic oxidation sites excluding steroid dienone is 14. The number of hydrogen-bond donors (Lipinski definition) is 1. The Kier molecular flexibility index (Phi) is 34.2. The minimum absolute atomic E-state index is 0.0997. The number of carbonyl (C=O) groups excluding carboxylic acids is 2. The number of rotatable bonds is 31. The molecular weight excluding hydrogens is 572 g/mol. The Bertz CT molecular complexity index is 906. The lowest BCUT2D eigenvalue weighted by Crippen LogP contribution is -2.28. The van der Waals surface area contributed by atoms with Crippen molar-refractivity contribution in [2.45, 2.75) is 148 Å². The standard InChI is InChI=1S/C41H66O5/c1-3-5-7-9-11-13-15-17-19-20-22-23-25-27-29-31-33-35-40(43)45-38-39(37-42)46-41(44)36-34-32-30-28-26-24-21-18-16-14-12-10-8-6-4-2/h6,8,11-14,17-19,21-23,26,28,39,42H,3-5,7,9-10,15-16,20,24-25,27,29-38H2,1-2H3/b8-6-,13-11-,14-12-,19-17-,21-18-,23-22-,28-26-/t39-/m0/s1. The van der Waals surface area contributed by atoms with Crippen LogP contribution < -0.4 is 0 Å². The Morgan fingerprint density at radius 2 is 0.935 bits per heavy atom. The molecule has 0 rings (SSSR count). The van der Waals surface area contributed by atoms with Crippen molar-refractivity contribution in [2.24, 2.45) is 0 Å². The van der Waals surface area contributed by atoms with E-state index in [1.165, 1.54) is 25.7 Å². The van der Waals surface area contributed by atoms with Gasteiger partial charge in [-0.2, -0.15) is 0 Å². The SMILES string of the molecule is CC/C=C\C/C=C\C/C=C\C/C=C\CCCCC(=O)O[C@@H](CO)COC(=O)CCCCCC/C=C\C/C=C\C/C=C\CCCCC. The quantitative estimate of drug-likeness (QED) is 0.0465. The summed E-state index contributed by atoms with van der Waals surface area (Å²) in [6, 6.07) is 0. The largest absolute Gasteiger partial charge is 0.462 e. The molecule has 0 aromatic heterocycles. The van der Waals surface area contributed by atoms with Crippen LogP contribution in [0.3, 0.4) is 0 Å². The topological polar surface area (TPSA) is 72.8 Å². The van der Waals surface area contributed by atoms with Crippen molar-refractivity contribution >= 4 is 11.9 Å². The molecule has 0 radical (unpaired) electrons. The van der Waals surface area contributed by atoms with Crippen LogP contribution in [0.4, 0.5) is 0 Å². The zero-order valence-corrected chi connectivity index (χ0v) is 29.3. The lowest BCUT2D eigenvalue weighted by atomic mass is 10.1. The van der Waals surface area contributed by atoms with E-state index in [1.54, 1.807) is 0 Å². The first-order chi connectivity index (χ1) is 22.6. The first-order valence-electron chi connectivity index (χ1n) is 18.1. The molecule has 0 bridgehead atoms. The van der Waals surface area contributed by atoms with Crippen LogP contribution in [0.2, 0.25) is 0 Å². The zero-order valence-electron chi connectivity index (χ0n) is 29.3. The van der Waals surface area contributed by atoms with E-state index in [1.807, 2.05) is 0 Å². The van der Waals surface area contributed by atoms with Crippen molar-refractivity contribution in [3.8, 4) is 0 Å². The van der Waals surface area contributed by atoms with Gasteiger partial charge in [-0.05, 0) is 89.9 Å². The second kappa shape index (κ2) is 36.5. The maximum atomic E-state index is 12.1. The van der Waals surface area contributed by atoms with Crippen LogP contribution >= 0.6 is 0 Å². The molecule has 0 aliphatic rings. The van der Waals surface area contributed by atoms with E-state index in [2.05, 4.69) is 98.9 Å². The maximum Gasteiger partial charge on any atom is 0.306 e. The molecule has 0 saturated carbocycles. The highest BCUT2D eigenvalue weighted by molar-refractivity contribution is 5.70. The fourth-order valence-corrected chi connectivity index (χ4v) is 4.43. The lowest BCUT2D eigenvalue weighted by Gasteiger charge is -2.15. The predicted octanol–water partition coefficient (Wildman–Crippen LogP) is 11.2. The summed E-state index contributed by atoms with van der Waals surface area (Å²) in [5, 5.41) is 9.52. The van der Waals surface area contributed by atoms with Crippen LogP contribution in [0.25, 0.3) is 0 Å². The molecule has 0 aliphatic heterocycles. The van der Waals surface area contributed by atoms with Crippen molar-refractivity contribution < 1.29 is 24.2 Å². The lowest BCUT2D eigenvalue weighted by molar-refractivity contribution is -0.161. The summed E-state index contributed by atoms with van der Waals surface area (Å²) in [7, 11) is 0. The molecule has 0 aromatic carbocycles. The number of hydrogen-bond acceptors (Lipinski definition) is 5. The van der Waals surface area contributed by atoms with Crippen molar-refractivity contribution in [1.29, 1.82) is 0 Å². The number of ether oxygens (including phenoxy) is 2. The summed E-state index contributed by atoms with van der Waals surface area (Å²) in [5.74, 6) is -0.675. The van der Waals surface area contributed by atoms with Gasteiger partial charge in [-0.3, -0.25) is 9.59 Å². The highest BCUT2D eigenvalue weighted by atomic mass is 16.6. The smallest absolute Gasteiger partial charge is 0.306 e. The van der Waals surface area contributed by atoms with E-state index in [-0.39, 0.29) is 25.2 Å². The van der Waals surface area contributed by atoms with E-state index in [0.29, 0.717) is 12.8 Å². The number of aliphatic hydroxyl groups excluding tert-OH is 1. The predicted molar refractivity (Wildman–Crippen MR) is 196 cm³/mol. The van der Waals surface area contributed by atoms with E-state index in [4.69, 9.17) is 9.47 Å². The van der Waals surface area contributed by atoms with Gasteiger partial charge in [0.15, 0.2) is 6.10 Å². The third kappa shape index (κ3) is 34.0. The molecule has 5 heteroatoms. The van der Waals surface area contributed by atoms with Crippen LogP contribution in [-0.4, -0.2) is 36.4 Å². The summed E-state index contributed by atoms with van der Waals surface area (Å²) in [4.78, 5) is 24.2. The molecule has 0 spiro atoms. The second-order valence-corrected chi connectivity index (χ2v) is 11.6. The Labute approximate surface area is 282 Å². The van der Waals surface area contributed by atoms with Gasteiger partial charge in [0.1, 0.15) is 6.61 Å². The average molecular weight is 639 g/mol. The summed E-state index contributed by atoms with van der Waals surface area (Å²) in [6.45, 7) is 3.91. The van der Waals surface area contributed by atoms with Crippen molar-refractivity contribution in [1.82, 2.24) is 0 Å². The van der Waals surface area contributed by atoms with Crippen molar-refractivity contribution in [2.75, 3.05) is 13.2 Å². The molecular formula is C41H66O5. The molecule has 5 nitrogen and oxygen atoms in total. The Hall–Kier alpha value is -2.92. The third-order valence-electron chi connectivity index (χ3n) is 7.17. The third-order valence-corrected chi connectivity index (χ3v) is 7.17. The average Bonchev–Trinajstić information content (AvgIpc) is 3.06. The van der Waals surface area contributed by atoms with Crippen LogP contribution in [0.15, 0.2) is 85.1 Å². The highest BCUT2D eigenvalue weighted by Crippen LogP contribution is 2.09. The van der Waals surface area contributed by atoms with E-state index in [0.717, 1.165) is 89.9 Å². The molecule has 0 fully saturated rings. The highest BCUT2D eigenvalue weighted by Gasteiger charge is 2.15. The number of aliphatic hydroxyl groups is 1. The monoisotopic (exact) mass is 638 g/mol. The maximum absolute atomic E-state index is 12.1. The molecule has 0 aliphatic carbocycles. The summed E-state index contributed by atoms with van der Waals surface area (Å²) in [5.41, 5.74) is 0. The summed E-state index contributed by atoms with van der Waals surface area (Å²) in [6.07, 6.45) is 49.2. The Balaban J connectivity index is 3.73. The van der Waals surface area contributed by atoms with Gasteiger partial charge in [0, 0.05) is 12.8 Å². The van der Waals surface area contributed by atoms with Crippen LogP contribution in [0, 0.1) is 0 Å². The minimum atomic E-state index is -0.806. The fraction of sp³-hybridized carbons (Fsp3) is 0.610. The molecule has 46 heavy (non-hydrogen) atoms. The normalized spacial score (nSPS) is 13.2. The van der Waals surface area contributed by atoms with E-state index in [9.17, 15) is 14.7 Å². The van der Waals surface area contributed by atoms with Crippen molar-refractivity contribution in [3.05, 3.63) is 85.1 Å². The van der Waals surface area contributed by atoms with Gasteiger partial charge < -0.3 is 14.6 Å². The van der Waals surface area contributed by atoms with E-state index < -0.39 is 6.10 Å². The van der Waals surface area contributed by atoms with Gasteiger partial charge in [0.25, 0.3) is 0 Å². The van der Waals surface area contributed by atoms with Gasteiger partial charge in [0.2, 0.25) is 0 Å². The molecule has 0 heterocycles. The summed E-state index contributed by atoms with van der Waals surface area (Å²) >= 11 is 0. The summed E-state index contributed by atoms with van der Waals surface area (Å²) < 4.78 is 10.5. The first-order valence-corrected chi connectivity index (χ1v) is 18.1. The second-order valence-electron chi connectivity index (χ2n) is 11.6. The van der Waals surface area contributed by atoms with Gasteiger partial charge in [-0.1, -0.05) is 125 Å². The van der Waals surface area contributed by atoms with Gasteiger partial charge in [-0.25, -0.2) is 0 Å². The Morgan fingerprint density at radius 3 is 1.43 bits per heavy atom. The van der Waals surface area contributed by atoms with Crippen LogP contribution in [0.1, 0.15) is 142 Å². The first kappa shape index (κ1) is 43.1. The molecule has 0 amide bonds.